The fraction of sp³-hybridized carbons (Fsp3) is 1.00. The van der Waals surface area contributed by atoms with Crippen LogP contribution in [0.25, 0.3) is 0 Å². The van der Waals surface area contributed by atoms with Crippen molar-refractivity contribution >= 4 is 9.84 Å². The lowest BCUT2D eigenvalue weighted by atomic mass is 9.89. The van der Waals surface area contributed by atoms with E-state index < -0.39 is 9.84 Å². The summed E-state index contributed by atoms with van der Waals surface area (Å²) in [6, 6.07) is 0. The Hall–Kier alpha value is -0.0900. The van der Waals surface area contributed by atoms with Gasteiger partial charge in [-0.05, 0) is 38.3 Å². The molecule has 0 aromatic carbocycles. The summed E-state index contributed by atoms with van der Waals surface area (Å²) >= 11 is 0. The lowest BCUT2D eigenvalue weighted by Crippen LogP contribution is -2.26. The van der Waals surface area contributed by atoms with Gasteiger partial charge in [-0.25, -0.2) is 8.42 Å². The van der Waals surface area contributed by atoms with E-state index in [0.717, 1.165) is 25.4 Å². The standard InChI is InChI=1S/C11H23NO2S/c1-15(13,14)9-5-8-12-10-11-6-3-2-4-7-11/h11-12H,2-10H2,1H3. The average Bonchev–Trinajstić information content (AvgIpc) is 2.17. The van der Waals surface area contributed by atoms with Crippen molar-refractivity contribution in [2.45, 2.75) is 38.5 Å². The Morgan fingerprint density at radius 1 is 1.20 bits per heavy atom. The maximum absolute atomic E-state index is 10.9. The summed E-state index contributed by atoms with van der Waals surface area (Å²) in [6.45, 7) is 1.91. The molecule has 1 aliphatic carbocycles. The predicted molar refractivity (Wildman–Crippen MR) is 63.8 cm³/mol. The van der Waals surface area contributed by atoms with Gasteiger partial charge in [-0.15, -0.1) is 0 Å². The van der Waals surface area contributed by atoms with Crippen molar-refractivity contribution in [3.8, 4) is 0 Å². The third-order valence-corrected chi connectivity index (χ3v) is 4.06. The molecule has 0 saturated heterocycles. The topological polar surface area (TPSA) is 46.2 Å². The highest BCUT2D eigenvalue weighted by Gasteiger charge is 2.12. The molecule has 0 atom stereocenters. The number of hydrogen-bond acceptors (Lipinski definition) is 3. The van der Waals surface area contributed by atoms with Gasteiger partial charge in [-0.3, -0.25) is 0 Å². The Labute approximate surface area is 93.6 Å². The Bertz CT molecular complexity index is 256. The van der Waals surface area contributed by atoms with E-state index in [0.29, 0.717) is 5.75 Å². The van der Waals surface area contributed by atoms with Crippen LogP contribution in [0.5, 0.6) is 0 Å². The van der Waals surface area contributed by atoms with Crippen molar-refractivity contribution in [2.24, 2.45) is 5.92 Å². The molecule has 0 unspecified atom stereocenters. The van der Waals surface area contributed by atoms with Gasteiger partial charge in [0.2, 0.25) is 0 Å². The van der Waals surface area contributed by atoms with Gasteiger partial charge in [-0.2, -0.15) is 0 Å². The van der Waals surface area contributed by atoms with Crippen molar-refractivity contribution in [2.75, 3.05) is 25.1 Å². The molecule has 0 bridgehead atoms. The van der Waals surface area contributed by atoms with Gasteiger partial charge < -0.3 is 5.32 Å². The molecule has 0 aliphatic heterocycles. The largest absolute Gasteiger partial charge is 0.316 e. The van der Waals surface area contributed by atoms with Crippen LogP contribution in [-0.2, 0) is 9.84 Å². The summed E-state index contributed by atoms with van der Waals surface area (Å²) in [5, 5.41) is 3.36. The molecular formula is C11H23NO2S. The zero-order chi connectivity index (χ0) is 11.1. The van der Waals surface area contributed by atoms with Crippen LogP contribution in [-0.4, -0.2) is 33.5 Å². The van der Waals surface area contributed by atoms with Crippen LogP contribution in [0, 0.1) is 5.92 Å². The van der Waals surface area contributed by atoms with Crippen LogP contribution in [0.1, 0.15) is 38.5 Å². The molecule has 1 rings (SSSR count). The Morgan fingerprint density at radius 3 is 2.47 bits per heavy atom. The highest BCUT2D eigenvalue weighted by Crippen LogP contribution is 2.22. The number of rotatable bonds is 6. The minimum atomic E-state index is -2.77. The summed E-state index contributed by atoms with van der Waals surface area (Å²) in [7, 11) is -2.77. The average molecular weight is 233 g/mol. The maximum atomic E-state index is 10.9. The van der Waals surface area contributed by atoms with E-state index in [4.69, 9.17) is 0 Å². The molecule has 90 valence electrons. The molecule has 0 radical (unpaired) electrons. The highest BCUT2D eigenvalue weighted by molar-refractivity contribution is 7.90. The molecule has 0 spiro atoms. The molecular weight excluding hydrogens is 210 g/mol. The molecule has 1 fully saturated rings. The van der Waals surface area contributed by atoms with E-state index in [1.807, 2.05) is 0 Å². The van der Waals surface area contributed by atoms with Gasteiger partial charge in [0, 0.05) is 6.26 Å². The zero-order valence-electron chi connectivity index (χ0n) is 9.67. The van der Waals surface area contributed by atoms with Gasteiger partial charge in [0.1, 0.15) is 9.84 Å². The van der Waals surface area contributed by atoms with E-state index in [9.17, 15) is 8.42 Å². The third-order valence-electron chi connectivity index (χ3n) is 3.03. The molecule has 0 amide bonds. The summed E-state index contributed by atoms with van der Waals surface area (Å²) in [6.07, 6.45) is 8.87. The second kappa shape index (κ2) is 6.48. The molecule has 3 nitrogen and oxygen atoms in total. The molecule has 1 aliphatic rings. The van der Waals surface area contributed by atoms with Crippen LogP contribution in [0.4, 0.5) is 0 Å². The first-order valence-corrected chi connectivity index (χ1v) is 8.02. The van der Waals surface area contributed by atoms with E-state index >= 15 is 0 Å². The van der Waals surface area contributed by atoms with Crippen LogP contribution < -0.4 is 5.32 Å². The molecule has 1 N–H and O–H groups in total. The second-order valence-corrected chi connectivity index (χ2v) is 6.95. The monoisotopic (exact) mass is 233 g/mol. The Balaban J connectivity index is 1.96. The van der Waals surface area contributed by atoms with E-state index in [1.165, 1.54) is 38.4 Å². The fourth-order valence-electron chi connectivity index (χ4n) is 2.16. The highest BCUT2D eigenvalue weighted by atomic mass is 32.2. The molecule has 4 heteroatoms. The Kier molecular flexibility index (Phi) is 5.61. The van der Waals surface area contributed by atoms with Crippen molar-refractivity contribution in [1.29, 1.82) is 0 Å². The van der Waals surface area contributed by atoms with Crippen molar-refractivity contribution < 1.29 is 8.42 Å². The minimum absolute atomic E-state index is 0.310. The summed E-state index contributed by atoms with van der Waals surface area (Å²) in [4.78, 5) is 0. The normalized spacial score (nSPS) is 19.3. The van der Waals surface area contributed by atoms with Crippen LogP contribution in [0.15, 0.2) is 0 Å². The first-order valence-electron chi connectivity index (χ1n) is 5.96. The van der Waals surface area contributed by atoms with Gasteiger partial charge in [0.15, 0.2) is 0 Å². The zero-order valence-corrected chi connectivity index (χ0v) is 10.5. The second-order valence-electron chi connectivity index (χ2n) is 4.69. The molecule has 1 saturated carbocycles. The van der Waals surface area contributed by atoms with Crippen LogP contribution >= 0.6 is 0 Å². The predicted octanol–water partition coefficient (Wildman–Crippen LogP) is 1.59. The Morgan fingerprint density at radius 2 is 1.87 bits per heavy atom. The van der Waals surface area contributed by atoms with Crippen molar-refractivity contribution in [3.63, 3.8) is 0 Å². The van der Waals surface area contributed by atoms with Crippen molar-refractivity contribution in [3.05, 3.63) is 0 Å². The van der Waals surface area contributed by atoms with Crippen LogP contribution in [0.3, 0.4) is 0 Å². The quantitative estimate of drug-likeness (QED) is 0.709. The lowest BCUT2D eigenvalue weighted by Gasteiger charge is -2.21. The third kappa shape index (κ3) is 6.90. The number of hydrogen-bond donors (Lipinski definition) is 1. The molecule has 0 aromatic heterocycles. The van der Waals surface area contributed by atoms with E-state index in [2.05, 4.69) is 5.32 Å². The fourth-order valence-corrected chi connectivity index (χ4v) is 2.83. The van der Waals surface area contributed by atoms with Gasteiger partial charge >= 0.3 is 0 Å². The molecule has 15 heavy (non-hydrogen) atoms. The summed E-state index contributed by atoms with van der Waals surface area (Å²) in [5.41, 5.74) is 0. The first-order chi connectivity index (χ1) is 7.08. The maximum Gasteiger partial charge on any atom is 0.147 e. The summed E-state index contributed by atoms with van der Waals surface area (Å²) < 4.78 is 21.7. The summed E-state index contributed by atoms with van der Waals surface area (Å²) in [5.74, 6) is 1.14. The lowest BCUT2D eigenvalue weighted by molar-refractivity contribution is 0.343. The minimum Gasteiger partial charge on any atom is -0.316 e. The smallest absolute Gasteiger partial charge is 0.147 e. The first kappa shape index (κ1) is 13.0. The van der Waals surface area contributed by atoms with E-state index in [-0.39, 0.29) is 0 Å². The molecule has 0 heterocycles. The number of nitrogens with one attached hydrogen (secondary N) is 1. The van der Waals surface area contributed by atoms with Crippen molar-refractivity contribution in [1.82, 2.24) is 5.32 Å². The molecule has 0 aromatic rings. The van der Waals surface area contributed by atoms with Gasteiger partial charge in [-0.1, -0.05) is 19.3 Å². The van der Waals surface area contributed by atoms with Crippen LogP contribution in [0.2, 0.25) is 0 Å². The van der Waals surface area contributed by atoms with E-state index in [1.54, 1.807) is 0 Å². The van der Waals surface area contributed by atoms with Gasteiger partial charge in [0.05, 0.1) is 5.75 Å². The van der Waals surface area contributed by atoms with Gasteiger partial charge in [0.25, 0.3) is 0 Å². The number of sulfone groups is 1. The SMILES string of the molecule is CS(=O)(=O)CCCNCC1CCCCC1.